The summed E-state index contributed by atoms with van der Waals surface area (Å²) in [7, 11) is 2.89. The van der Waals surface area contributed by atoms with Crippen LogP contribution in [-0.2, 0) is 7.05 Å². The number of aryl methyl sites for hydroxylation is 1. The number of ether oxygens (including phenoxy) is 1. The number of benzene rings is 2. The summed E-state index contributed by atoms with van der Waals surface area (Å²) in [5, 5.41) is 2.79. The van der Waals surface area contributed by atoms with Gasteiger partial charge in [-0.25, -0.2) is 18.7 Å². The van der Waals surface area contributed by atoms with Gasteiger partial charge in [-0.1, -0.05) is 0 Å². The van der Waals surface area contributed by atoms with Crippen molar-refractivity contribution in [1.82, 2.24) is 14.1 Å². The van der Waals surface area contributed by atoms with Crippen LogP contribution in [0.5, 0.6) is 5.75 Å². The number of anilines is 1. The zero-order valence-corrected chi connectivity index (χ0v) is 17.5. The molecule has 0 radical (unpaired) electrons. The van der Waals surface area contributed by atoms with E-state index in [1.54, 1.807) is 31.2 Å². The van der Waals surface area contributed by atoms with Gasteiger partial charge in [-0.05, 0) is 61.0 Å². The molecular weight excluding hydrogens is 415 g/mol. The lowest BCUT2D eigenvalue weighted by atomic mass is 10.1. The Bertz CT molecular complexity index is 1470. The predicted octanol–water partition coefficient (Wildman–Crippen LogP) is 2.79. The lowest BCUT2D eigenvalue weighted by Crippen LogP contribution is -2.38. The second-order valence-electron chi connectivity index (χ2n) is 7.19. The molecule has 0 saturated carbocycles. The Morgan fingerprint density at radius 1 is 1.09 bits per heavy atom. The smallest absolute Gasteiger partial charge is 0.337 e. The number of nitrogens with zero attached hydrogens (tertiary/aromatic N) is 3. The van der Waals surface area contributed by atoms with Crippen LogP contribution in [-0.4, -0.2) is 27.1 Å². The van der Waals surface area contributed by atoms with Gasteiger partial charge in [0.2, 0.25) is 0 Å². The second kappa shape index (κ2) is 8.10. The molecule has 4 rings (SSSR count). The van der Waals surface area contributed by atoms with Crippen molar-refractivity contribution in [2.45, 2.75) is 6.92 Å². The number of pyridine rings is 1. The average Bonchev–Trinajstić information content (AvgIpc) is 2.79. The van der Waals surface area contributed by atoms with Gasteiger partial charge in [-0.3, -0.25) is 14.2 Å². The van der Waals surface area contributed by atoms with Crippen LogP contribution in [0.25, 0.3) is 16.7 Å². The Balaban J connectivity index is 1.82. The first-order chi connectivity index (χ1) is 15.3. The largest absolute Gasteiger partial charge is 0.497 e. The molecule has 0 saturated heterocycles. The highest BCUT2D eigenvalue weighted by molar-refractivity contribution is 6.05. The summed E-state index contributed by atoms with van der Waals surface area (Å²) in [4.78, 5) is 42.6. The highest BCUT2D eigenvalue weighted by Gasteiger charge is 2.17. The van der Waals surface area contributed by atoms with Crippen LogP contribution < -0.4 is 21.3 Å². The summed E-state index contributed by atoms with van der Waals surface area (Å²) in [5.41, 5.74) is 0.581. The second-order valence-corrected chi connectivity index (χ2v) is 7.19. The average molecular weight is 434 g/mol. The molecule has 0 fully saturated rings. The van der Waals surface area contributed by atoms with Gasteiger partial charge in [0.15, 0.2) is 5.65 Å². The Kier molecular flexibility index (Phi) is 5.31. The van der Waals surface area contributed by atoms with E-state index in [4.69, 9.17) is 4.74 Å². The molecule has 0 unspecified atom stereocenters. The van der Waals surface area contributed by atoms with Crippen molar-refractivity contribution in [3.63, 3.8) is 0 Å². The zero-order valence-electron chi connectivity index (χ0n) is 17.5. The summed E-state index contributed by atoms with van der Waals surface area (Å²) in [6.45, 7) is 1.67. The molecule has 4 aromatic rings. The fourth-order valence-corrected chi connectivity index (χ4v) is 3.35. The number of nitrogens with one attached hydrogen (secondary N) is 1. The van der Waals surface area contributed by atoms with E-state index in [9.17, 15) is 18.8 Å². The standard InChI is InChI=1S/C23H19FN4O4/c1-13-10-15(24)4-9-19(13)26-21(29)14-11-18-20(25-12-14)28(23(31)27(2)22(18)30)16-5-7-17(32-3)8-6-16/h4-12H,1-3H3,(H,26,29). The Hall–Kier alpha value is -4.27. The summed E-state index contributed by atoms with van der Waals surface area (Å²) in [5.74, 6) is -0.315. The number of amides is 1. The highest BCUT2D eigenvalue weighted by Crippen LogP contribution is 2.19. The molecule has 2 aromatic heterocycles. The first-order valence-electron chi connectivity index (χ1n) is 9.64. The predicted molar refractivity (Wildman–Crippen MR) is 118 cm³/mol. The molecule has 1 N–H and O–H groups in total. The van der Waals surface area contributed by atoms with Crippen molar-refractivity contribution in [2.75, 3.05) is 12.4 Å². The van der Waals surface area contributed by atoms with Gasteiger partial charge in [0.1, 0.15) is 11.6 Å². The number of methoxy groups -OCH3 is 1. The van der Waals surface area contributed by atoms with Crippen molar-refractivity contribution >= 4 is 22.6 Å². The third-order valence-electron chi connectivity index (χ3n) is 5.12. The maximum absolute atomic E-state index is 13.3. The van der Waals surface area contributed by atoms with Crippen molar-refractivity contribution in [2.24, 2.45) is 7.05 Å². The number of carbonyl (C=O) groups is 1. The SMILES string of the molecule is COc1ccc(-n2c(=O)n(C)c(=O)c3cc(C(=O)Nc4ccc(F)cc4C)cnc32)cc1. The van der Waals surface area contributed by atoms with Gasteiger partial charge in [-0.15, -0.1) is 0 Å². The number of halogens is 1. The highest BCUT2D eigenvalue weighted by atomic mass is 19.1. The van der Waals surface area contributed by atoms with Crippen molar-refractivity contribution in [3.05, 3.63) is 92.5 Å². The van der Waals surface area contributed by atoms with E-state index in [2.05, 4.69) is 10.3 Å². The molecule has 0 aliphatic rings. The topological polar surface area (TPSA) is 95.2 Å². The molecule has 0 spiro atoms. The molecule has 1 amide bonds. The molecule has 2 heterocycles. The van der Waals surface area contributed by atoms with Crippen LogP contribution >= 0.6 is 0 Å². The minimum atomic E-state index is -0.574. The van der Waals surface area contributed by atoms with Crippen LogP contribution in [0.2, 0.25) is 0 Å². The quantitative estimate of drug-likeness (QED) is 0.533. The fraction of sp³-hybridized carbons (Fsp3) is 0.130. The Labute approximate surface area is 181 Å². The molecular formula is C23H19FN4O4. The molecule has 2 aromatic carbocycles. The molecule has 0 aliphatic heterocycles. The molecule has 9 heteroatoms. The summed E-state index contributed by atoms with van der Waals surface area (Å²) in [6, 6.07) is 12.1. The minimum Gasteiger partial charge on any atom is -0.497 e. The van der Waals surface area contributed by atoms with Gasteiger partial charge < -0.3 is 10.1 Å². The molecule has 0 atom stereocenters. The number of hydrogen-bond acceptors (Lipinski definition) is 5. The molecule has 0 aliphatic carbocycles. The van der Waals surface area contributed by atoms with Gasteiger partial charge >= 0.3 is 5.69 Å². The zero-order chi connectivity index (χ0) is 23.0. The summed E-state index contributed by atoms with van der Waals surface area (Å²) < 4.78 is 20.7. The Morgan fingerprint density at radius 3 is 2.47 bits per heavy atom. The van der Waals surface area contributed by atoms with Gasteiger partial charge in [-0.2, -0.15) is 0 Å². The normalized spacial score (nSPS) is 10.9. The number of aromatic nitrogens is 3. The van der Waals surface area contributed by atoms with E-state index in [1.165, 1.54) is 49.2 Å². The van der Waals surface area contributed by atoms with E-state index in [0.29, 0.717) is 22.7 Å². The lowest BCUT2D eigenvalue weighted by Gasteiger charge is -2.13. The van der Waals surface area contributed by atoms with Crippen molar-refractivity contribution in [3.8, 4) is 11.4 Å². The third kappa shape index (κ3) is 3.64. The first-order valence-corrected chi connectivity index (χ1v) is 9.64. The summed E-state index contributed by atoms with van der Waals surface area (Å²) >= 11 is 0. The number of hydrogen-bond donors (Lipinski definition) is 1. The minimum absolute atomic E-state index is 0.103. The molecule has 0 bridgehead atoms. The van der Waals surface area contributed by atoms with E-state index in [0.717, 1.165) is 4.57 Å². The van der Waals surface area contributed by atoms with Gasteiger partial charge in [0.25, 0.3) is 11.5 Å². The molecule has 162 valence electrons. The van der Waals surface area contributed by atoms with Gasteiger partial charge in [0.05, 0.1) is 23.7 Å². The van der Waals surface area contributed by atoms with E-state index < -0.39 is 23.0 Å². The van der Waals surface area contributed by atoms with Crippen molar-refractivity contribution in [1.29, 1.82) is 0 Å². The number of fused-ring (bicyclic) bond motifs is 1. The van der Waals surface area contributed by atoms with E-state index in [1.807, 2.05) is 0 Å². The van der Waals surface area contributed by atoms with Crippen LogP contribution in [0.1, 0.15) is 15.9 Å². The van der Waals surface area contributed by atoms with Crippen LogP contribution in [0, 0.1) is 12.7 Å². The number of rotatable bonds is 4. The molecule has 8 nitrogen and oxygen atoms in total. The van der Waals surface area contributed by atoms with Crippen LogP contribution in [0.15, 0.2) is 64.3 Å². The van der Waals surface area contributed by atoms with Crippen LogP contribution in [0.4, 0.5) is 10.1 Å². The fourth-order valence-electron chi connectivity index (χ4n) is 3.35. The first kappa shape index (κ1) is 21.0. The third-order valence-corrected chi connectivity index (χ3v) is 5.12. The number of carbonyl (C=O) groups excluding carboxylic acids is 1. The van der Waals surface area contributed by atoms with Crippen LogP contribution in [0.3, 0.4) is 0 Å². The van der Waals surface area contributed by atoms with E-state index in [-0.39, 0.29) is 16.6 Å². The molecule has 32 heavy (non-hydrogen) atoms. The maximum Gasteiger partial charge on any atom is 0.337 e. The van der Waals surface area contributed by atoms with E-state index >= 15 is 0 Å². The monoisotopic (exact) mass is 434 g/mol. The van der Waals surface area contributed by atoms with Crippen molar-refractivity contribution < 1.29 is 13.9 Å². The Morgan fingerprint density at radius 2 is 1.81 bits per heavy atom. The maximum atomic E-state index is 13.3. The lowest BCUT2D eigenvalue weighted by molar-refractivity contribution is 0.102. The summed E-state index contributed by atoms with van der Waals surface area (Å²) in [6.07, 6.45) is 1.29. The van der Waals surface area contributed by atoms with Gasteiger partial charge in [0, 0.05) is 18.9 Å².